The molecular formula is C13H19FN2O2S2. The highest BCUT2D eigenvalue weighted by molar-refractivity contribution is 7.99. The van der Waals surface area contributed by atoms with Crippen LogP contribution >= 0.6 is 11.8 Å². The molecule has 0 amide bonds. The number of nitrogens with two attached hydrogens (primary N) is 1. The van der Waals surface area contributed by atoms with E-state index in [1.54, 1.807) is 11.8 Å². The summed E-state index contributed by atoms with van der Waals surface area (Å²) in [7, 11) is -3.91. The summed E-state index contributed by atoms with van der Waals surface area (Å²) in [6, 6.07) is 3.75. The first kappa shape index (κ1) is 15.6. The molecule has 0 saturated heterocycles. The van der Waals surface area contributed by atoms with E-state index in [9.17, 15) is 12.8 Å². The van der Waals surface area contributed by atoms with Crippen molar-refractivity contribution in [3.63, 3.8) is 0 Å². The average Bonchev–Trinajstić information content (AvgIpc) is 2.37. The topological polar surface area (TPSA) is 72.2 Å². The van der Waals surface area contributed by atoms with Gasteiger partial charge in [-0.15, -0.1) is 0 Å². The molecule has 3 N–H and O–H groups in total. The highest BCUT2D eigenvalue weighted by Crippen LogP contribution is 2.29. The van der Waals surface area contributed by atoms with Gasteiger partial charge in [0, 0.05) is 11.3 Å². The van der Waals surface area contributed by atoms with Crippen molar-refractivity contribution in [2.45, 2.75) is 41.9 Å². The number of halogens is 1. The van der Waals surface area contributed by atoms with Gasteiger partial charge in [0.1, 0.15) is 10.7 Å². The fourth-order valence-corrected chi connectivity index (χ4v) is 4.85. The van der Waals surface area contributed by atoms with Gasteiger partial charge in [-0.1, -0.05) is 12.5 Å². The molecule has 2 rings (SSSR count). The maximum Gasteiger partial charge on any atom is 0.245 e. The maximum absolute atomic E-state index is 13.7. The summed E-state index contributed by atoms with van der Waals surface area (Å²) in [4.78, 5) is -0.439. The second-order valence-corrected chi connectivity index (χ2v) is 7.79. The summed E-state index contributed by atoms with van der Waals surface area (Å²) < 4.78 is 40.9. The molecule has 0 aromatic heterocycles. The van der Waals surface area contributed by atoms with Crippen molar-refractivity contribution in [1.29, 1.82) is 0 Å². The lowest BCUT2D eigenvalue weighted by Gasteiger charge is -2.28. The molecule has 0 aliphatic heterocycles. The van der Waals surface area contributed by atoms with Crippen molar-refractivity contribution in [2.24, 2.45) is 0 Å². The number of anilines is 1. The van der Waals surface area contributed by atoms with E-state index < -0.39 is 20.7 Å². The van der Waals surface area contributed by atoms with E-state index in [4.69, 9.17) is 5.73 Å². The van der Waals surface area contributed by atoms with E-state index >= 15 is 0 Å². The van der Waals surface area contributed by atoms with Crippen LogP contribution in [0.25, 0.3) is 0 Å². The zero-order valence-electron chi connectivity index (χ0n) is 11.3. The third kappa shape index (κ3) is 3.45. The Bertz CT molecular complexity index is 557. The molecular weight excluding hydrogens is 299 g/mol. The minimum absolute atomic E-state index is 0.0604. The Kier molecular flexibility index (Phi) is 4.93. The van der Waals surface area contributed by atoms with Gasteiger partial charge in [-0.3, -0.25) is 0 Å². The summed E-state index contributed by atoms with van der Waals surface area (Å²) in [5.74, 6) is -0.810. The zero-order valence-corrected chi connectivity index (χ0v) is 12.9. The molecule has 2 atom stereocenters. The van der Waals surface area contributed by atoms with E-state index in [1.807, 2.05) is 6.26 Å². The van der Waals surface area contributed by atoms with E-state index in [0.29, 0.717) is 5.25 Å². The van der Waals surface area contributed by atoms with Crippen molar-refractivity contribution in [3.8, 4) is 0 Å². The van der Waals surface area contributed by atoms with Gasteiger partial charge >= 0.3 is 0 Å². The normalized spacial score (nSPS) is 23.7. The fourth-order valence-electron chi connectivity index (χ4n) is 2.55. The largest absolute Gasteiger partial charge is 0.398 e. The molecule has 7 heteroatoms. The molecule has 1 aliphatic rings. The smallest absolute Gasteiger partial charge is 0.245 e. The van der Waals surface area contributed by atoms with Crippen LogP contribution in [0.1, 0.15) is 25.7 Å². The van der Waals surface area contributed by atoms with Gasteiger partial charge in [0.15, 0.2) is 0 Å². The van der Waals surface area contributed by atoms with Gasteiger partial charge in [0.25, 0.3) is 0 Å². The number of benzene rings is 1. The van der Waals surface area contributed by atoms with Crippen LogP contribution in [0.15, 0.2) is 23.1 Å². The van der Waals surface area contributed by atoms with Gasteiger partial charge in [-0.05, 0) is 37.7 Å². The molecule has 1 aliphatic carbocycles. The van der Waals surface area contributed by atoms with Crippen molar-refractivity contribution in [2.75, 3.05) is 12.0 Å². The quantitative estimate of drug-likeness (QED) is 0.836. The molecule has 0 radical (unpaired) electrons. The van der Waals surface area contributed by atoms with Crippen LogP contribution in [0.5, 0.6) is 0 Å². The zero-order chi connectivity index (χ0) is 14.8. The second-order valence-electron chi connectivity index (χ2n) is 5.00. The third-order valence-electron chi connectivity index (χ3n) is 3.55. The van der Waals surface area contributed by atoms with Crippen molar-refractivity contribution in [1.82, 2.24) is 4.72 Å². The van der Waals surface area contributed by atoms with E-state index in [0.717, 1.165) is 31.7 Å². The Hall–Kier alpha value is -0.790. The Balaban J connectivity index is 2.19. The predicted octanol–water partition coefficient (Wildman–Crippen LogP) is 2.36. The van der Waals surface area contributed by atoms with Crippen LogP contribution in [-0.4, -0.2) is 26.0 Å². The Morgan fingerprint density at radius 2 is 2.15 bits per heavy atom. The van der Waals surface area contributed by atoms with E-state index in [2.05, 4.69) is 4.72 Å². The van der Waals surface area contributed by atoms with Crippen LogP contribution in [0.2, 0.25) is 0 Å². The summed E-state index contributed by atoms with van der Waals surface area (Å²) in [6.07, 6.45) is 5.66. The van der Waals surface area contributed by atoms with E-state index in [-0.39, 0.29) is 11.7 Å². The van der Waals surface area contributed by atoms with Gasteiger partial charge in [-0.2, -0.15) is 11.8 Å². The number of nitrogens with one attached hydrogen (secondary N) is 1. The number of hydrogen-bond acceptors (Lipinski definition) is 4. The molecule has 0 bridgehead atoms. The highest BCUT2D eigenvalue weighted by Gasteiger charge is 2.28. The minimum atomic E-state index is -3.91. The summed E-state index contributed by atoms with van der Waals surface area (Å²) in [6.45, 7) is 0. The van der Waals surface area contributed by atoms with E-state index in [1.165, 1.54) is 12.1 Å². The lowest BCUT2D eigenvalue weighted by molar-refractivity contribution is 0.420. The standard InChI is InChI=1S/C13H19FN2O2S2/c1-19-10-5-2-4-9(8-10)16-20(17,18)13-11(14)6-3-7-12(13)15/h3,6-7,9-10,16H,2,4-5,8,15H2,1H3. The molecule has 2 unspecified atom stereocenters. The van der Waals surface area contributed by atoms with Gasteiger partial charge in [-0.25, -0.2) is 17.5 Å². The molecule has 1 fully saturated rings. The van der Waals surface area contributed by atoms with Crippen molar-refractivity contribution < 1.29 is 12.8 Å². The fraction of sp³-hybridized carbons (Fsp3) is 0.538. The first-order valence-corrected chi connectivity index (χ1v) is 9.30. The molecule has 112 valence electrons. The Morgan fingerprint density at radius 3 is 2.80 bits per heavy atom. The molecule has 1 saturated carbocycles. The van der Waals surface area contributed by atoms with Crippen LogP contribution in [0.3, 0.4) is 0 Å². The predicted molar refractivity (Wildman–Crippen MR) is 80.7 cm³/mol. The highest BCUT2D eigenvalue weighted by atomic mass is 32.2. The van der Waals surface area contributed by atoms with Gasteiger partial charge < -0.3 is 5.73 Å². The first-order valence-electron chi connectivity index (χ1n) is 6.53. The third-order valence-corrected chi connectivity index (χ3v) is 6.25. The molecule has 4 nitrogen and oxygen atoms in total. The van der Waals surface area contributed by atoms with Crippen molar-refractivity contribution in [3.05, 3.63) is 24.0 Å². The summed E-state index contributed by atoms with van der Waals surface area (Å²) in [5, 5.41) is 0.453. The average molecular weight is 318 g/mol. The monoisotopic (exact) mass is 318 g/mol. The minimum Gasteiger partial charge on any atom is -0.398 e. The molecule has 0 spiro atoms. The molecule has 20 heavy (non-hydrogen) atoms. The lowest BCUT2D eigenvalue weighted by Crippen LogP contribution is -2.39. The SMILES string of the molecule is CSC1CCCC(NS(=O)(=O)c2c(N)cccc2F)C1. The Labute approximate surface area is 123 Å². The van der Waals surface area contributed by atoms with Crippen LogP contribution in [-0.2, 0) is 10.0 Å². The van der Waals surface area contributed by atoms with Gasteiger partial charge in [0.2, 0.25) is 10.0 Å². The summed E-state index contributed by atoms with van der Waals surface area (Å²) >= 11 is 1.74. The lowest BCUT2D eigenvalue weighted by atomic mass is 9.96. The first-order chi connectivity index (χ1) is 9.44. The molecule has 1 aromatic carbocycles. The van der Waals surface area contributed by atoms with Crippen LogP contribution in [0.4, 0.5) is 10.1 Å². The van der Waals surface area contributed by atoms with Gasteiger partial charge in [0.05, 0.1) is 5.69 Å². The van der Waals surface area contributed by atoms with Crippen LogP contribution < -0.4 is 10.5 Å². The number of thioether (sulfide) groups is 1. The number of rotatable bonds is 4. The molecule has 1 aromatic rings. The second kappa shape index (κ2) is 6.32. The maximum atomic E-state index is 13.7. The number of sulfonamides is 1. The molecule has 0 heterocycles. The van der Waals surface area contributed by atoms with Crippen molar-refractivity contribution >= 4 is 27.5 Å². The summed E-state index contributed by atoms with van der Waals surface area (Å²) in [5.41, 5.74) is 5.54. The number of nitrogen functional groups attached to an aromatic ring is 1. The number of hydrogen-bond donors (Lipinski definition) is 2. The Morgan fingerprint density at radius 1 is 1.40 bits per heavy atom. The van der Waals surface area contributed by atoms with Crippen LogP contribution in [0, 0.1) is 5.82 Å².